The van der Waals surface area contributed by atoms with Crippen molar-refractivity contribution in [2.75, 3.05) is 13.1 Å². The molecule has 2 aromatic rings. The molecule has 3 heterocycles. The largest absolute Gasteiger partial charge is 0.337 e. The lowest BCUT2D eigenvalue weighted by molar-refractivity contribution is 0.0708. The summed E-state index contributed by atoms with van der Waals surface area (Å²) in [5.74, 6) is 1.62. The summed E-state index contributed by atoms with van der Waals surface area (Å²) < 4.78 is 2.10. The highest BCUT2D eigenvalue weighted by Crippen LogP contribution is 2.27. The van der Waals surface area contributed by atoms with Crippen molar-refractivity contribution in [2.24, 2.45) is 7.05 Å². The third kappa shape index (κ3) is 2.50. The number of amides is 1. The normalized spacial score (nSPS) is 19.3. The van der Waals surface area contributed by atoms with E-state index >= 15 is 0 Å². The Bertz CT molecular complexity index is 603. The fourth-order valence-electron chi connectivity index (χ4n) is 2.94. The van der Waals surface area contributed by atoms with Crippen LogP contribution in [0.2, 0.25) is 0 Å². The lowest BCUT2D eigenvalue weighted by Crippen LogP contribution is -2.39. The minimum absolute atomic E-state index is 0.163. The van der Waals surface area contributed by atoms with E-state index in [1.54, 1.807) is 0 Å². The molecule has 0 spiro atoms. The van der Waals surface area contributed by atoms with E-state index < -0.39 is 0 Å². The van der Waals surface area contributed by atoms with E-state index in [0.29, 0.717) is 5.92 Å². The van der Waals surface area contributed by atoms with E-state index in [-0.39, 0.29) is 5.91 Å². The number of nitrogens with zero attached hydrogens (tertiary/aromatic N) is 3. The molecule has 106 valence electrons. The molecule has 0 aliphatic carbocycles. The molecule has 2 aromatic heterocycles. The fraction of sp³-hybridized carbons (Fsp3) is 0.467. The third-order valence-corrected chi connectivity index (χ3v) is 4.70. The summed E-state index contributed by atoms with van der Waals surface area (Å²) in [7, 11) is 2.04. The second kappa shape index (κ2) is 5.40. The first kappa shape index (κ1) is 13.4. The molecular formula is C15H19N3OS. The third-order valence-electron chi connectivity index (χ3n) is 3.84. The first-order chi connectivity index (χ1) is 9.65. The van der Waals surface area contributed by atoms with Crippen LogP contribution in [0, 0.1) is 6.92 Å². The van der Waals surface area contributed by atoms with Gasteiger partial charge in [0.1, 0.15) is 5.82 Å². The molecule has 20 heavy (non-hydrogen) atoms. The molecule has 0 N–H and O–H groups in total. The predicted molar refractivity (Wildman–Crippen MR) is 80.1 cm³/mol. The molecule has 5 heteroatoms. The van der Waals surface area contributed by atoms with Crippen molar-refractivity contribution in [2.45, 2.75) is 25.7 Å². The number of carbonyl (C=O) groups is 1. The number of rotatable bonds is 2. The second-order valence-corrected chi connectivity index (χ2v) is 6.37. The predicted octanol–water partition coefficient (Wildman–Crippen LogP) is 2.81. The smallest absolute Gasteiger partial charge is 0.263 e. The second-order valence-electron chi connectivity index (χ2n) is 5.42. The first-order valence-electron chi connectivity index (χ1n) is 6.98. The number of aromatic nitrogens is 2. The van der Waals surface area contributed by atoms with Gasteiger partial charge >= 0.3 is 0 Å². The van der Waals surface area contributed by atoms with Crippen LogP contribution in [0.25, 0.3) is 0 Å². The summed E-state index contributed by atoms with van der Waals surface area (Å²) in [6, 6.07) is 3.84. The van der Waals surface area contributed by atoms with Crippen LogP contribution in [0.15, 0.2) is 23.7 Å². The molecule has 0 radical (unpaired) electrons. The summed E-state index contributed by atoms with van der Waals surface area (Å²) in [5, 5.41) is 1.96. The van der Waals surface area contributed by atoms with Gasteiger partial charge in [0.05, 0.1) is 10.6 Å². The molecule has 0 saturated carbocycles. The lowest BCUT2D eigenvalue weighted by atomic mass is 9.97. The van der Waals surface area contributed by atoms with Crippen LogP contribution < -0.4 is 0 Å². The maximum atomic E-state index is 12.4. The van der Waals surface area contributed by atoms with Crippen LogP contribution in [0.3, 0.4) is 0 Å². The number of thiophene rings is 1. The van der Waals surface area contributed by atoms with E-state index in [1.165, 1.54) is 11.3 Å². The van der Waals surface area contributed by atoms with Gasteiger partial charge in [0.2, 0.25) is 0 Å². The van der Waals surface area contributed by atoms with Gasteiger partial charge in [-0.05, 0) is 31.2 Å². The Morgan fingerprint density at radius 1 is 1.50 bits per heavy atom. The molecule has 0 aromatic carbocycles. The van der Waals surface area contributed by atoms with Gasteiger partial charge in [0, 0.05) is 32.3 Å². The van der Waals surface area contributed by atoms with Gasteiger partial charge in [-0.1, -0.05) is 6.07 Å². The average molecular weight is 289 g/mol. The molecule has 1 saturated heterocycles. The molecule has 1 amide bonds. The van der Waals surface area contributed by atoms with Crippen molar-refractivity contribution in [3.05, 3.63) is 40.1 Å². The van der Waals surface area contributed by atoms with Gasteiger partial charge in [-0.2, -0.15) is 0 Å². The van der Waals surface area contributed by atoms with Gasteiger partial charge in [-0.25, -0.2) is 4.98 Å². The van der Waals surface area contributed by atoms with Crippen molar-refractivity contribution < 1.29 is 4.79 Å². The quantitative estimate of drug-likeness (QED) is 0.852. The average Bonchev–Trinajstić information content (AvgIpc) is 3.08. The van der Waals surface area contributed by atoms with E-state index in [1.807, 2.05) is 36.4 Å². The summed E-state index contributed by atoms with van der Waals surface area (Å²) in [4.78, 5) is 19.9. The summed E-state index contributed by atoms with van der Waals surface area (Å²) >= 11 is 1.52. The number of hydrogen-bond donors (Lipinski definition) is 0. The summed E-state index contributed by atoms with van der Waals surface area (Å²) in [6.07, 6.45) is 4.21. The highest BCUT2D eigenvalue weighted by molar-refractivity contribution is 7.12. The summed E-state index contributed by atoms with van der Waals surface area (Å²) in [6.45, 7) is 3.65. The number of hydrogen-bond acceptors (Lipinski definition) is 3. The van der Waals surface area contributed by atoms with Crippen molar-refractivity contribution >= 4 is 17.2 Å². The van der Waals surface area contributed by atoms with Gasteiger partial charge < -0.3 is 9.47 Å². The zero-order valence-corrected chi connectivity index (χ0v) is 12.7. The first-order valence-corrected chi connectivity index (χ1v) is 7.86. The Morgan fingerprint density at radius 3 is 3.00 bits per heavy atom. The van der Waals surface area contributed by atoms with Gasteiger partial charge in [-0.3, -0.25) is 4.79 Å². The summed E-state index contributed by atoms with van der Waals surface area (Å²) in [5.41, 5.74) is 1.05. The minimum Gasteiger partial charge on any atom is -0.337 e. The Labute approximate surface area is 123 Å². The molecule has 1 unspecified atom stereocenters. The number of imidazole rings is 1. The van der Waals surface area contributed by atoms with E-state index in [9.17, 15) is 4.79 Å². The maximum absolute atomic E-state index is 12.4. The highest BCUT2D eigenvalue weighted by atomic mass is 32.1. The fourth-order valence-corrected chi connectivity index (χ4v) is 3.63. The van der Waals surface area contributed by atoms with Crippen LogP contribution in [0.4, 0.5) is 0 Å². The molecule has 1 atom stereocenters. The lowest BCUT2D eigenvalue weighted by Gasteiger charge is -2.32. The number of carbonyl (C=O) groups excluding carboxylic acids is 1. The zero-order valence-electron chi connectivity index (χ0n) is 11.9. The molecule has 4 nitrogen and oxygen atoms in total. The topological polar surface area (TPSA) is 38.1 Å². The highest BCUT2D eigenvalue weighted by Gasteiger charge is 2.28. The Morgan fingerprint density at radius 2 is 2.35 bits per heavy atom. The Hall–Kier alpha value is -1.62. The van der Waals surface area contributed by atoms with Crippen molar-refractivity contribution in [1.82, 2.24) is 14.5 Å². The van der Waals surface area contributed by atoms with Crippen LogP contribution in [-0.2, 0) is 7.05 Å². The molecular weight excluding hydrogens is 270 g/mol. The van der Waals surface area contributed by atoms with Gasteiger partial charge in [0.15, 0.2) is 0 Å². The molecule has 3 rings (SSSR count). The Kier molecular flexibility index (Phi) is 3.61. The van der Waals surface area contributed by atoms with Gasteiger partial charge in [-0.15, -0.1) is 11.3 Å². The van der Waals surface area contributed by atoms with E-state index in [0.717, 1.165) is 42.3 Å². The van der Waals surface area contributed by atoms with Crippen LogP contribution >= 0.6 is 11.3 Å². The van der Waals surface area contributed by atoms with E-state index in [2.05, 4.69) is 15.7 Å². The van der Waals surface area contributed by atoms with Crippen molar-refractivity contribution in [3.63, 3.8) is 0 Å². The van der Waals surface area contributed by atoms with Crippen molar-refractivity contribution in [1.29, 1.82) is 0 Å². The molecule has 1 aliphatic heterocycles. The van der Waals surface area contributed by atoms with E-state index in [4.69, 9.17) is 0 Å². The minimum atomic E-state index is 0.163. The van der Waals surface area contributed by atoms with Crippen LogP contribution in [0.5, 0.6) is 0 Å². The molecule has 1 fully saturated rings. The number of aryl methyl sites for hydroxylation is 2. The van der Waals surface area contributed by atoms with Crippen LogP contribution in [0.1, 0.15) is 39.9 Å². The zero-order chi connectivity index (χ0) is 14.1. The maximum Gasteiger partial charge on any atom is 0.263 e. The number of likely N-dealkylation sites (tertiary alicyclic amines) is 1. The monoisotopic (exact) mass is 289 g/mol. The number of piperidine rings is 1. The van der Waals surface area contributed by atoms with Crippen LogP contribution in [-0.4, -0.2) is 33.4 Å². The SMILES string of the molecule is Cc1cn(C)c(C2CCCN(C(=O)c3cccs3)C2)n1. The van der Waals surface area contributed by atoms with Gasteiger partial charge in [0.25, 0.3) is 5.91 Å². The standard InChI is InChI=1S/C15H19N3OS/c1-11-9-17(2)14(16-11)12-5-3-7-18(10-12)15(19)13-6-4-8-20-13/h4,6,8-9,12H,3,5,7,10H2,1-2H3. The molecule has 0 bridgehead atoms. The van der Waals surface area contributed by atoms with Crippen molar-refractivity contribution in [3.8, 4) is 0 Å². The Balaban J connectivity index is 1.77. The molecule has 1 aliphatic rings.